The molecule has 1 aromatic rings. The molecular formula is C12H15ClFNO2. The van der Waals surface area contributed by atoms with E-state index in [0.29, 0.717) is 18.7 Å². The lowest BCUT2D eigenvalue weighted by Gasteiger charge is -2.17. The Morgan fingerprint density at radius 2 is 2.24 bits per heavy atom. The fourth-order valence-corrected chi connectivity index (χ4v) is 1.76. The molecule has 5 heteroatoms. The zero-order chi connectivity index (χ0) is 12.8. The summed E-state index contributed by atoms with van der Waals surface area (Å²) in [6.45, 7) is 4.47. The third kappa shape index (κ3) is 3.68. The van der Waals surface area contributed by atoms with E-state index in [1.807, 2.05) is 6.92 Å². The van der Waals surface area contributed by atoms with Crippen molar-refractivity contribution in [3.05, 3.63) is 34.6 Å². The Kier molecular flexibility index (Phi) is 5.38. The van der Waals surface area contributed by atoms with Gasteiger partial charge in [-0.3, -0.25) is 0 Å². The van der Waals surface area contributed by atoms with Gasteiger partial charge in [0.25, 0.3) is 0 Å². The molecule has 1 unspecified atom stereocenters. The smallest absolute Gasteiger partial charge is 0.327 e. The minimum Gasteiger partial charge on any atom is -0.465 e. The molecule has 17 heavy (non-hydrogen) atoms. The molecule has 0 heterocycles. The van der Waals surface area contributed by atoms with Crippen LogP contribution in [0, 0.1) is 5.82 Å². The normalized spacial score (nSPS) is 12.2. The average Bonchev–Trinajstić information content (AvgIpc) is 2.27. The number of hydrogen-bond acceptors (Lipinski definition) is 3. The Morgan fingerprint density at radius 1 is 1.53 bits per heavy atom. The van der Waals surface area contributed by atoms with E-state index in [1.54, 1.807) is 6.92 Å². The molecule has 0 saturated heterocycles. The highest BCUT2D eigenvalue weighted by molar-refractivity contribution is 6.31. The predicted octanol–water partition coefficient (Wildman–Crippen LogP) is 2.69. The monoisotopic (exact) mass is 259 g/mol. The van der Waals surface area contributed by atoms with Crippen molar-refractivity contribution < 1.29 is 13.9 Å². The fraction of sp³-hybridized carbons (Fsp3) is 0.417. The molecule has 0 spiro atoms. The van der Waals surface area contributed by atoms with Crippen molar-refractivity contribution in [2.75, 3.05) is 13.2 Å². The lowest BCUT2D eigenvalue weighted by atomic mass is 10.1. The summed E-state index contributed by atoms with van der Waals surface area (Å²) in [6.07, 6.45) is 0. The Labute approximate surface area is 105 Å². The molecule has 0 aromatic heterocycles. The van der Waals surface area contributed by atoms with E-state index in [-0.39, 0.29) is 5.02 Å². The van der Waals surface area contributed by atoms with Crippen LogP contribution in [0.5, 0.6) is 0 Å². The highest BCUT2D eigenvalue weighted by Gasteiger charge is 2.23. The number of nitrogens with one attached hydrogen (secondary N) is 1. The Hall–Kier alpha value is -1.13. The van der Waals surface area contributed by atoms with Crippen LogP contribution in [0.1, 0.15) is 25.5 Å². The lowest BCUT2D eigenvalue weighted by Crippen LogP contribution is -2.30. The first-order valence-corrected chi connectivity index (χ1v) is 5.82. The van der Waals surface area contributed by atoms with E-state index in [1.165, 1.54) is 18.2 Å². The zero-order valence-electron chi connectivity index (χ0n) is 9.80. The van der Waals surface area contributed by atoms with Crippen molar-refractivity contribution in [1.29, 1.82) is 0 Å². The maximum atomic E-state index is 12.9. The third-order valence-electron chi connectivity index (χ3n) is 2.20. The Bertz CT molecular complexity index is 398. The molecule has 0 saturated carbocycles. The van der Waals surface area contributed by atoms with Crippen LogP contribution < -0.4 is 5.32 Å². The summed E-state index contributed by atoms with van der Waals surface area (Å²) in [4.78, 5) is 11.7. The van der Waals surface area contributed by atoms with Gasteiger partial charge in [-0.1, -0.05) is 24.6 Å². The number of esters is 1. The molecule has 0 aliphatic heterocycles. The zero-order valence-corrected chi connectivity index (χ0v) is 10.6. The van der Waals surface area contributed by atoms with E-state index in [9.17, 15) is 9.18 Å². The molecule has 0 amide bonds. The van der Waals surface area contributed by atoms with E-state index in [2.05, 4.69) is 5.32 Å². The summed E-state index contributed by atoms with van der Waals surface area (Å²) in [6, 6.07) is 3.28. The second kappa shape index (κ2) is 6.57. The number of carbonyl (C=O) groups is 1. The SMILES string of the molecule is CCNC(C(=O)OCC)c1ccc(F)cc1Cl. The standard InChI is InChI=1S/C12H15ClFNO2/c1-3-15-11(12(16)17-4-2)9-6-5-8(14)7-10(9)13/h5-7,11,15H,3-4H2,1-2H3. The summed E-state index contributed by atoms with van der Waals surface area (Å²) in [5, 5.41) is 3.17. The maximum Gasteiger partial charge on any atom is 0.327 e. The second-order valence-corrected chi connectivity index (χ2v) is 3.82. The Balaban J connectivity index is 3.00. The molecule has 1 N–H and O–H groups in total. The number of ether oxygens (including phenoxy) is 1. The minimum absolute atomic E-state index is 0.212. The summed E-state index contributed by atoms with van der Waals surface area (Å²) < 4.78 is 17.9. The van der Waals surface area contributed by atoms with Crippen molar-refractivity contribution in [1.82, 2.24) is 5.32 Å². The highest BCUT2D eigenvalue weighted by Crippen LogP contribution is 2.24. The van der Waals surface area contributed by atoms with E-state index >= 15 is 0 Å². The van der Waals surface area contributed by atoms with Crippen LogP contribution in [-0.2, 0) is 9.53 Å². The molecule has 94 valence electrons. The summed E-state index contributed by atoms with van der Waals surface area (Å²) >= 11 is 5.92. The predicted molar refractivity (Wildman–Crippen MR) is 64.5 cm³/mol. The van der Waals surface area contributed by atoms with Crippen LogP contribution in [0.15, 0.2) is 18.2 Å². The van der Waals surface area contributed by atoms with E-state index in [4.69, 9.17) is 16.3 Å². The van der Waals surface area contributed by atoms with Gasteiger partial charge in [-0.25, -0.2) is 9.18 Å². The van der Waals surface area contributed by atoms with Gasteiger partial charge in [-0.2, -0.15) is 0 Å². The van der Waals surface area contributed by atoms with Crippen molar-refractivity contribution in [3.63, 3.8) is 0 Å². The van der Waals surface area contributed by atoms with Gasteiger partial charge in [-0.05, 0) is 31.2 Å². The molecule has 1 atom stereocenters. The molecule has 0 radical (unpaired) electrons. The van der Waals surface area contributed by atoms with Crippen molar-refractivity contribution >= 4 is 17.6 Å². The number of rotatable bonds is 5. The molecule has 0 fully saturated rings. The van der Waals surface area contributed by atoms with Crippen LogP contribution in [0.2, 0.25) is 5.02 Å². The Morgan fingerprint density at radius 3 is 2.76 bits per heavy atom. The van der Waals surface area contributed by atoms with Gasteiger partial charge in [0, 0.05) is 5.02 Å². The van der Waals surface area contributed by atoms with Crippen LogP contribution in [0.4, 0.5) is 4.39 Å². The number of halogens is 2. The summed E-state index contributed by atoms with van der Waals surface area (Å²) in [7, 11) is 0. The van der Waals surface area contributed by atoms with Gasteiger partial charge in [0.1, 0.15) is 11.9 Å². The van der Waals surface area contributed by atoms with Gasteiger partial charge in [0.15, 0.2) is 0 Å². The average molecular weight is 260 g/mol. The maximum absolute atomic E-state index is 12.9. The first kappa shape index (κ1) is 13.9. The van der Waals surface area contributed by atoms with Crippen molar-refractivity contribution in [2.24, 2.45) is 0 Å². The number of hydrogen-bond donors (Lipinski definition) is 1. The van der Waals surface area contributed by atoms with Crippen molar-refractivity contribution in [2.45, 2.75) is 19.9 Å². The quantitative estimate of drug-likeness (QED) is 0.827. The second-order valence-electron chi connectivity index (χ2n) is 3.41. The first-order valence-electron chi connectivity index (χ1n) is 5.45. The van der Waals surface area contributed by atoms with Gasteiger partial charge in [0.2, 0.25) is 0 Å². The summed E-state index contributed by atoms with van der Waals surface area (Å²) in [5.41, 5.74) is 0.522. The van der Waals surface area contributed by atoms with E-state index in [0.717, 1.165) is 0 Å². The number of benzene rings is 1. The van der Waals surface area contributed by atoms with Gasteiger partial charge >= 0.3 is 5.97 Å². The van der Waals surface area contributed by atoms with Crippen LogP contribution in [0.3, 0.4) is 0 Å². The largest absolute Gasteiger partial charge is 0.465 e. The van der Waals surface area contributed by atoms with Crippen molar-refractivity contribution in [3.8, 4) is 0 Å². The fourth-order valence-electron chi connectivity index (χ4n) is 1.49. The molecule has 0 aliphatic carbocycles. The molecule has 0 bridgehead atoms. The lowest BCUT2D eigenvalue weighted by molar-refractivity contribution is -0.145. The van der Waals surface area contributed by atoms with E-state index < -0.39 is 17.8 Å². The summed E-state index contributed by atoms with van der Waals surface area (Å²) in [5.74, 6) is -0.847. The van der Waals surface area contributed by atoms with Crippen LogP contribution >= 0.6 is 11.6 Å². The molecule has 1 aromatic carbocycles. The number of likely N-dealkylation sites (N-methyl/N-ethyl adjacent to an activating group) is 1. The minimum atomic E-state index is -0.659. The molecular weight excluding hydrogens is 245 g/mol. The topological polar surface area (TPSA) is 38.3 Å². The number of carbonyl (C=O) groups excluding carboxylic acids is 1. The molecule has 1 rings (SSSR count). The molecule has 0 aliphatic rings. The first-order chi connectivity index (χ1) is 8.10. The van der Waals surface area contributed by atoms with Crippen LogP contribution in [0.25, 0.3) is 0 Å². The van der Waals surface area contributed by atoms with Gasteiger partial charge in [0.05, 0.1) is 6.61 Å². The highest BCUT2D eigenvalue weighted by atomic mass is 35.5. The molecule has 3 nitrogen and oxygen atoms in total. The van der Waals surface area contributed by atoms with Gasteiger partial charge < -0.3 is 10.1 Å². The third-order valence-corrected chi connectivity index (χ3v) is 2.53. The van der Waals surface area contributed by atoms with Gasteiger partial charge in [-0.15, -0.1) is 0 Å². The van der Waals surface area contributed by atoms with Crippen LogP contribution in [-0.4, -0.2) is 19.1 Å².